The molecule has 1 saturated heterocycles. The first kappa shape index (κ1) is 12.4. The van der Waals surface area contributed by atoms with Crippen molar-refractivity contribution >= 4 is 0 Å². The fourth-order valence-electron chi connectivity index (χ4n) is 2.55. The highest BCUT2D eigenvalue weighted by molar-refractivity contribution is 5.67. The quantitative estimate of drug-likeness (QED) is 0.886. The van der Waals surface area contributed by atoms with Crippen LogP contribution in [0.5, 0.6) is 0 Å². The summed E-state index contributed by atoms with van der Waals surface area (Å²) in [6.07, 6.45) is 0.194. The molecule has 2 aromatic rings. The van der Waals surface area contributed by atoms with E-state index < -0.39 is 0 Å². The number of rotatable bonds is 2. The van der Waals surface area contributed by atoms with Gasteiger partial charge in [-0.15, -0.1) is 0 Å². The van der Waals surface area contributed by atoms with Crippen LogP contribution in [0.15, 0.2) is 48.5 Å². The summed E-state index contributed by atoms with van der Waals surface area (Å²) in [4.78, 5) is 0. The molecule has 1 fully saturated rings. The molecule has 0 radical (unpaired) electrons. The molecule has 2 aromatic carbocycles. The van der Waals surface area contributed by atoms with E-state index in [9.17, 15) is 0 Å². The third-order valence-electron chi connectivity index (χ3n) is 3.67. The van der Waals surface area contributed by atoms with Gasteiger partial charge in [-0.1, -0.05) is 48.5 Å². The van der Waals surface area contributed by atoms with Crippen LogP contribution >= 0.6 is 0 Å². The maximum absolute atomic E-state index is 5.77. The van der Waals surface area contributed by atoms with Crippen LogP contribution in [0.3, 0.4) is 0 Å². The van der Waals surface area contributed by atoms with Gasteiger partial charge in [-0.2, -0.15) is 0 Å². The summed E-state index contributed by atoms with van der Waals surface area (Å²) in [5.41, 5.74) is 5.14. The topological polar surface area (TPSA) is 21.3 Å². The summed E-state index contributed by atoms with van der Waals surface area (Å²) >= 11 is 0. The Kier molecular flexibility index (Phi) is 3.62. The number of benzene rings is 2. The Bertz CT molecular complexity index is 541. The van der Waals surface area contributed by atoms with E-state index in [1.807, 2.05) is 0 Å². The number of hydrogen-bond acceptors (Lipinski definition) is 2. The highest BCUT2D eigenvalue weighted by Crippen LogP contribution is 2.26. The van der Waals surface area contributed by atoms with Crippen molar-refractivity contribution in [1.82, 2.24) is 5.32 Å². The molecule has 0 bridgehead atoms. The fourth-order valence-corrected chi connectivity index (χ4v) is 2.55. The first-order chi connectivity index (χ1) is 9.34. The largest absolute Gasteiger partial charge is 0.371 e. The lowest BCUT2D eigenvalue weighted by atomic mass is 9.98. The molecule has 98 valence electrons. The SMILES string of the molecule is Cc1ccccc1-c1ccc(C2CNCCO2)cc1. The molecule has 0 amide bonds. The molecule has 1 N–H and O–H groups in total. The van der Waals surface area contributed by atoms with Crippen molar-refractivity contribution in [3.63, 3.8) is 0 Å². The lowest BCUT2D eigenvalue weighted by Crippen LogP contribution is -2.33. The summed E-state index contributed by atoms with van der Waals surface area (Å²) in [5.74, 6) is 0. The molecule has 1 aliphatic rings. The van der Waals surface area contributed by atoms with Crippen LogP contribution < -0.4 is 5.32 Å². The molecule has 19 heavy (non-hydrogen) atoms. The standard InChI is InChI=1S/C17H19NO/c1-13-4-2-3-5-16(13)14-6-8-15(9-7-14)17-12-18-10-11-19-17/h2-9,17-18H,10-12H2,1H3. The minimum Gasteiger partial charge on any atom is -0.371 e. The van der Waals surface area contributed by atoms with Crippen molar-refractivity contribution in [2.24, 2.45) is 0 Å². The average molecular weight is 253 g/mol. The molecular weight excluding hydrogens is 234 g/mol. The van der Waals surface area contributed by atoms with E-state index in [1.54, 1.807) is 0 Å². The second kappa shape index (κ2) is 5.55. The van der Waals surface area contributed by atoms with Crippen LogP contribution in [0.2, 0.25) is 0 Å². The lowest BCUT2D eigenvalue weighted by Gasteiger charge is -2.24. The van der Waals surface area contributed by atoms with E-state index in [0.29, 0.717) is 0 Å². The first-order valence-corrected chi connectivity index (χ1v) is 6.83. The lowest BCUT2D eigenvalue weighted by molar-refractivity contribution is 0.0277. The third-order valence-corrected chi connectivity index (χ3v) is 3.67. The smallest absolute Gasteiger partial charge is 0.0949 e. The Morgan fingerprint density at radius 2 is 1.84 bits per heavy atom. The van der Waals surface area contributed by atoms with Gasteiger partial charge in [0.25, 0.3) is 0 Å². The Morgan fingerprint density at radius 1 is 1.05 bits per heavy atom. The number of nitrogens with one attached hydrogen (secondary N) is 1. The summed E-state index contributed by atoms with van der Waals surface area (Å²) in [5, 5.41) is 3.36. The number of aryl methyl sites for hydroxylation is 1. The van der Waals surface area contributed by atoms with Gasteiger partial charge in [-0.05, 0) is 29.2 Å². The summed E-state index contributed by atoms with van der Waals surface area (Å²) < 4.78 is 5.77. The Hall–Kier alpha value is -1.64. The van der Waals surface area contributed by atoms with Crippen LogP contribution in [-0.4, -0.2) is 19.7 Å². The van der Waals surface area contributed by atoms with Gasteiger partial charge in [-0.25, -0.2) is 0 Å². The van der Waals surface area contributed by atoms with E-state index in [2.05, 4.69) is 60.8 Å². The van der Waals surface area contributed by atoms with Crippen molar-refractivity contribution in [3.8, 4) is 11.1 Å². The maximum Gasteiger partial charge on any atom is 0.0949 e. The summed E-state index contributed by atoms with van der Waals surface area (Å²) in [6, 6.07) is 17.2. The Labute approximate surface area is 114 Å². The van der Waals surface area contributed by atoms with Crippen molar-refractivity contribution in [2.75, 3.05) is 19.7 Å². The molecule has 0 aromatic heterocycles. The second-order valence-electron chi connectivity index (χ2n) is 5.00. The second-order valence-corrected chi connectivity index (χ2v) is 5.00. The fraction of sp³-hybridized carbons (Fsp3) is 0.294. The van der Waals surface area contributed by atoms with Gasteiger partial charge in [0.15, 0.2) is 0 Å². The van der Waals surface area contributed by atoms with Gasteiger partial charge in [-0.3, -0.25) is 0 Å². The molecule has 2 heteroatoms. The molecule has 1 unspecified atom stereocenters. The Morgan fingerprint density at radius 3 is 2.53 bits per heavy atom. The molecule has 2 nitrogen and oxygen atoms in total. The van der Waals surface area contributed by atoms with Gasteiger partial charge in [0.05, 0.1) is 12.7 Å². The number of ether oxygens (including phenoxy) is 1. The predicted octanol–water partition coefficient (Wildman–Crippen LogP) is 3.32. The van der Waals surface area contributed by atoms with E-state index in [1.165, 1.54) is 22.3 Å². The summed E-state index contributed by atoms with van der Waals surface area (Å²) in [6.45, 7) is 4.81. The first-order valence-electron chi connectivity index (χ1n) is 6.83. The van der Waals surface area contributed by atoms with E-state index in [-0.39, 0.29) is 6.10 Å². The highest BCUT2D eigenvalue weighted by atomic mass is 16.5. The molecule has 0 saturated carbocycles. The van der Waals surface area contributed by atoms with Crippen molar-refractivity contribution in [2.45, 2.75) is 13.0 Å². The molecule has 1 aliphatic heterocycles. The third kappa shape index (κ3) is 2.70. The molecule has 1 heterocycles. The van der Waals surface area contributed by atoms with Crippen LogP contribution in [0, 0.1) is 6.92 Å². The van der Waals surface area contributed by atoms with Crippen LogP contribution in [-0.2, 0) is 4.74 Å². The zero-order chi connectivity index (χ0) is 13.1. The normalized spacial score (nSPS) is 19.3. The zero-order valence-corrected chi connectivity index (χ0v) is 11.2. The van der Waals surface area contributed by atoms with Crippen LogP contribution in [0.1, 0.15) is 17.2 Å². The minimum absolute atomic E-state index is 0.194. The van der Waals surface area contributed by atoms with Crippen LogP contribution in [0.25, 0.3) is 11.1 Å². The van der Waals surface area contributed by atoms with Crippen LogP contribution in [0.4, 0.5) is 0 Å². The van der Waals surface area contributed by atoms with Crippen molar-refractivity contribution < 1.29 is 4.74 Å². The predicted molar refractivity (Wildman–Crippen MR) is 78.2 cm³/mol. The van der Waals surface area contributed by atoms with Gasteiger partial charge in [0.1, 0.15) is 0 Å². The number of morpholine rings is 1. The van der Waals surface area contributed by atoms with Crippen molar-refractivity contribution in [3.05, 3.63) is 59.7 Å². The monoisotopic (exact) mass is 253 g/mol. The molecule has 3 rings (SSSR count). The Balaban J connectivity index is 1.84. The van der Waals surface area contributed by atoms with E-state index in [4.69, 9.17) is 4.74 Å². The molecule has 0 spiro atoms. The van der Waals surface area contributed by atoms with Gasteiger partial charge in [0.2, 0.25) is 0 Å². The van der Waals surface area contributed by atoms with Crippen molar-refractivity contribution in [1.29, 1.82) is 0 Å². The number of hydrogen-bond donors (Lipinski definition) is 1. The highest BCUT2D eigenvalue weighted by Gasteiger charge is 2.15. The van der Waals surface area contributed by atoms with Gasteiger partial charge < -0.3 is 10.1 Å². The maximum atomic E-state index is 5.77. The molecular formula is C17H19NO. The summed E-state index contributed by atoms with van der Waals surface area (Å²) in [7, 11) is 0. The zero-order valence-electron chi connectivity index (χ0n) is 11.2. The average Bonchev–Trinajstić information content (AvgIpc) is 2.49. The van der Waals surface area contributed by atoms with E-state index in [0.717, 1.165) is 19.7 Å². The minimum atomic E-state index is 0.194. The van der Waals surface area contributed by atoms with Gasteiger partial charge in [0, 0.05) is 13.1 Å². The van der Waals surface area contributed by atoms with E-state index >= 15 is 0 Å². The molecule has 1 atom stereocenters. The van der Waals surface area contributed by atoms with Gasteiger partial charge >= 0.3 is 0 Å². The molecule has 0 aliphatic carbocycles.